The monoisotopic (exact) mass is 341 g/mol. The average Bonchev–Trinajstić information content (AvgIpc) is 2.70. The fourth-order valence-electron chi connectivity index (χ4n) is 3.27. The maximum Gasteiger partial charge on any atom is 0.253 e. The Morgan fingerprint density at radius 3 is 2.87 bits per heavy atom. The topological polar surface area (TPSA) is 81.7 Å². The fraction of sp³-hybridized carbons (Fsp3) is 0.533. The lowest BCUT2D eigenvalue weighted by Gasteiger charge is -2.19. The number of phenolic OH excluding ortho intramolecular Hbond substituents is 1. The minimum Gasteiger partial charge on any atom is -0.506 e. The first kappa shape index (κ1) is 16.2. The van der Waals surface area contributed by atoms with E-state index >= 15 is 0 Å². The Morgan fingerprint density at radius 2 is 2.22 bits per heavy atom. The van der Waals surface area contributed by atoms with E-state index in [1.54, 1.807) is 6.07 Å². The maximum atomic E-state index is 15.0. The van der Waals surface area contributed by atoms with Gasteiger partial charge in [0.1, 0.15) is 18.0 Å². The maximum absolute atomic E-state index is 15.0. The minimum absolute atomic E-state index is 0.151. The van der Waals surface area contributed by atoms with Crippen molar-refractivity contribution >= 4 is 22.8 Å². The molecule has 1 fully saturated rings. The summed E-state index contributed by atoms with van der Waals surface area (Å²) in [7, 11) is 0. The number of rotatable bonds is 3. The normalized spacial score (nSPS) is 24.3. The Morgan fingerprint density at radius 1 is 1.48 bits per heavy atom. The molecule has 0 saturated carbocycles. The average molecular weight is 341 g/mol. The van der Waals surface area contributed by atoms with Crippen LogP contribution in [-0.4, -0.2) is 34.4 Å². The third-order valence-corrected chi connectivity index (χ3v) is 5.46. The van der Waals surface area contributed by atoms with Crippen LogP contribution in [0.1, 0.15) is 30.9 Å². The standard InChI is InChI=1S/C15H20FN3O3S/c1-2-17-10-4-3-9-7-12(20)15(14(16)11(9)6-5-10)19-8-13(21)18-23(19)22/h7,10,17,20H,2-6,8H2,1H3,(H,18,21). The molecule has 2 aliphatic rings. The van der Waals surface area contributed by atoms with Crippen LogP contribution >= 0.6 is 0 Å². The van der Waals surface area contributed by atoms with Gasteiger partial charge in [0.2, 0.25) is 11.2 Å². The van der Waals surface area contributed by atoms with E-state index in [2.05, 4.69) is 10.0 Å². The number of hydrogen-bond acceptors (Lipinski definition) is 4. The van der Waals surface area contributed by atoms with Gasteiger partial charge in [-0.15, -0.1) is 0 Å². The summed E-state index contributed by atoms with van der Waals surface area (Å²) >= 11 is -1.86. The predicted molar refractivity (Wildman–Crippen MR) is 85.8 cm³/mol. The molecule has 0 aromatic heterocycles. The first-order valence-electron chi connectivity index (χ1n) is 7.76. The third-order valence-electron chi connectivity index (χ3n) is 4.35. The highest BCUT2D eigenvalue weighted by Crippen LogP contribution is 2.38. The van der Waals surface area contributed by atoms with Crippen LogP contribution in [0.3, 0.4) is 0 Å². The Labute approximate surface area is 136 Å². The van der Waals surface area contributed by atoms with E-state index < -0.39 is 22.9 Å². The van der Waals surface area contributed by atoms with Gasteiger partial charge in [0, 0.05) is 6.04 Å². The van der Waals surface area contributed by atoms with Gasteiger partial charge in [0.15, 0.2) is 5.82 Å². The van der Waals surface area contributed by atoms with Gasteiger partial charge in [-0.3, -0.25) is 13.8 Å². The quantitative estimate of drug-likeness (QED) is 0.714. The van der Waals surface area contributed by atoms with E-state index in [1.807, 2.05) is 6.92 Å². The molecule has 0 bridgehead atoms. The molecule has 8 heteroatoms. The van der Waals surface area contributed by atoms with Crippen LogP contribution in [0.15, 0.2) is 6.07 Å². The predicted octanol–water partition coefficient (Wildman–Crippen LogP) is 0.903. The van der Waals surface area contributed by atoms with E-state index in [-0.39, 0.29) is 18.0 Å². The molecule has 126 valence electrons. The van der Waals surface area contributed by atoms with Crippen molar-refractivity contribution in [3.05, 3.63) is 23.0 Å². The van der Waals surface area contributed by atoms with Gasteiger partial charge in [-0.1, -0.05) is 6.92 Å². The smallest absolute Gasteiger partial charge is 0.253 e. The van der Waals surface area contributed by atoms with Crippen LogP contribution in [0.2, 0.25) is 0 Å². The molecule has 1 aliphatic heterocycles. The molecule has 2 atom stereocenters. The summed E-state index contributed by atoms with van der Waals surface area (Å²) < 4.78 is 30.1. The summed E-state index contributed by atoms with van der Waals surface area (Å²) in [5, 5.41) is 13.6. The number of hydrogen-bond donors (Lipinski definition) is 3. The highest BCUT2D eigenvalue weighted by molar-refractivity contribution is 7.85. The van der Waals surface area contributed by atoms with Crippen LogP contribution in [-0.2, 0) is 28.8 Å². The summed E-state index contributed by atoms with van der Waals surface area (Å²) in [6, 6.07) is 1.86. The van der Waals surface area contributed by atoms with Crippen LogP contribution in [0.4, 0.5) is 10.1 Å². The summed E-state index contributed by atoms with van der Waals surface area (Å²) in [6.07, 6.45) is 2.92. The van der Waals surface area contributed by atoms with E-state index in [1.165, 1.54) is 0 Å². The first-order chi connectivity index (χ1) is 11.0. The van der Waals surface area contributed by atoms with Crippen molar-refractivity contribution in [2.45, 2.75) is 38.6 Å². The van der Waals surface area contributed by atoms with Crippen molar-refractivity contribution < 1.29 is 18.5 Å². The number of anilines is 1. The van der Waals surface area contributed by atoms with E-state index in [4.69, 9.17) is 0 Å². The Kier molecular flexibility index (Phi) is 4.54. The van der Waals surface area contributed by atoms with Gasteiger partial charge in [-0.2, -0.15) is 0 Å². The molecule has 3 rings (SSSR count). The highest BCUT2D eigenvalue weighted by Gasteiger charge is 2.33. The van der Waals surface area contributed by atoms with Gasteiger partial charge in [-0.05, 0) is 49.4 Å². The number of nitrogens with zero attached hydrogens (tertiary/aromatic N) is 1. The number of carbonyl (C=O) groups excluding carboxylic acids is 1. The number of carbonyl (C=O) groups is 1. The largest absolute Gasteiger partial charge is 0.506 e. The highest BCUT2D eigenvalue weighted by atomic mass is 32.2. The van der Waals surface area contributed by atoms with Crippen molar-refractivity contribution in [2.75, 3.05) is 17.4 Å². The molecule has 0 radical (unpaired) electrons. The van der Waals surface area contributed by atoms with Crippen molar-refractivity contribution in [1.29, 1.82) is 0 Å². The molecule has 1 aromatic carbocycles. The molecule has 1 heterocycles. The van der Waals surface area contributed by atoms with Crippen molar-refractivity contribution in [3.8, 4) is 5.75 Å². The Hall–Kier alpha value is -1.67. The van der Waals surface area contributed by atoms with Gasteiger partial charge in [0.05, 0.1) is 0 Å². The molecule has 23 heavy (non-hydrogen) atoms. The molecule has 0 spiro atoms. The second kappa shape index (κ2) is 6.45. The molecule has 1 aliphatic carbocycles. The zero-order chi connectivity index (χ0) is 16.6. The summed E-state index contributed by atoms with van der Waals surface area (Å²) in [4.78, 5) is 11.4. The van der Waals surface area contributed by atoms with Crippen LogP contribution in [0, 0.1) is 5.82 Å². The molecule has 2 unspecified atom stereocenters. The number of aryl methyl sites for hydroxylation is 1. The summed E-state index contributed by atoms with van der Waals surface area (Å²) in [6.45, 7) is 2.67. The second-order valence-corrected chi connectivity index (χ2v) is 6.98. The lowest BCUT2D eigenvalue weighted by molar-refractivity contribution is -0.117. The molecule has 3 N–H and O–H groups in total. The van der Waals surface area contributed by atoms with Crippen LogP contribution in [0.25, 0.3) is 0 Å². The van der Waals surface area contributed by atoms with Gasteiger partial charge in [0.25, 0.3) is 5.91 Å². The van der Waals surface area contributed by atoms with Gasteiger partial charge < -0.3 is 10.4 Å². The molecule has 6 nitrogen and oxygen atoms in total. The Balaban J connectivity index is 1.96. The van der Waals surface area contributed by atoms with Gasteiger partial charge >= 0.3 is 0 Å². The van der Waals surface area contributed by atoms with Crippen LogP contribution < -0.4 is 14.3 Å². The van der Waals surface area contributed by atoms with Crippen molar-refractivity contribution in [3.63, 3.8) is 0 Å². The molecular formula is C15H20FN3O3S. The molecule has 1 saturated heterocycles. The van der Waals surface area contributed by atoms with E-state index in [0.717, 1.165) is 29.3 Å². The number of amides is 1. The number of benzene rings is 1. The molecular weight excluding hydrogens is 321 g/mol. The lowest BCUT2D eigenvalue weighted by atomic mass is 10.0. The van der Waals surface area contributed by atoms with E-state index in [9.17, 15) is 18.5 Å². The minimum atomic E-state index is -1.86. The molecule has 1 amide bonds. The number of phenols is 1. The first-order valence-corrected chi connectivity index (χ1v) is 8.87. The number of halogens is 1. The number of aromatic hydroxyl groups is 1. The van der Waals surface area contributed by atoms with Crippen molar-refractivity contribution in [2.24, 2.45) is 0 Å². The zero-order valence-corrected chi connectivity index (χ0v) is 13.7. The zero-order valence-electron chi connectivity index (χ0n) is 12.9. The second-order valence-electron chi connectivity index (χ2n) is 5.84. The van der Waals surface area contributed by atoms with Gasteiger partial charge in [-0.25, -0.2) is 8.60 Å². The molecule has 1 aromatic rings. The van der Waals surface area contributed by atoms with Crippen LogP contribution in [0.5, 0.6) is 5.75 Å². The van der Waals surface area contributed by atoms with Crippen molar-refractivity contribution in [1.82, 2.24) is 10.0 Å². The summed E-state index contributed by atoms with van der Waals surface area (Å²) in [5.41, 5.74) is 1.19. The summed E-state index contributed by atoms with van der Waals surface area (Å²) in [5.74, 6) is -1.29. The Bertz CT molecular complexity index is 668. The third kappa shape index (κ3) is 3.05. The SMILES string of the molecule is CCNC1CCc2cc(O)c(N3CC(=O)NS3=O)c(F)c2CC1. The number of fused-ring (bicyclic) bond motifs is 1. The fourth-order valence-corrected chi connectivity index (χ4v) is 4.21. The van der Waals surface area contributed by atoms with E-state index in [0.29, 0.717) is 24.4 Å². The lowest BCUT2D eigenvalue weighted by Crippen LogP contribution is -2.28. The number of nitrogens with one attached hydrogen (secondary N) is 2.